The van der Waals surface area contributed by atoms with Crippen molar-refractivity contribution in [2.45, 2.75) is 72.1 Å². The fourth-order valence-corrected chi connectivity index (χ4v) is 2.93. The normalized spacial score (nSPS) is 21.4. The molecule has 0 aromatic heterocycles. The maximum Gasteiger partial charge on any atom is -0.0386 e. The molecule has 1 fully saturated rings. The fraction of sp³-hybridized carbons (Fsp3) is 1.00. The second-order valence-electron chi connectivity index (χ2n) is 5.54. The summed E-state index contributed by atoms with van der Waals surface area (Å²) in [5.74, 6) is 3.01. The largest absolute Gasteiger partial charge is 0.0651 e. The molecule has 0 heterocycles. The van der Waals surface area contributed by atoms with Gasteiger partial charge in [-0.2, -0.15) is 0 Å². The topological polar surface area (TPSA) is 0 Å². The van der Waals surface area contributed by atoms with Gasteiger partial charge >= 0.3 is 0 Å². The van der Waals surface area contributed by atoms with Crippen LogP contribution in [-0.4, -0.2) is 0 Å². The molecule has 1 saturated carbocycles. The summed E-state index contributed by atoms with van der Waals surface area (Å²) in [6.45, 7) is 7.10. The minimum absolute atomic E-state index is 0.896. The first-order valence-electron chi connectivity index (χ1n) is 6.74. The molecule has 0 amide bonds. The Kier molecular flexibility index (Phi) is 5.59. The standard InChI is InChI=1S/C14H28/c1-4-13(11-10-12(2)3)14-8-6-5-7-9-14/h12-14H,4-11H2,1-3H3. The molecule has 0 radical (unpaired) electrons. The molecule has 1 aliphatic carbocycles. The Balaban J connectivity index is 2.28. The van der Waals surface area contributed by atoms with Crippen LogP contribution >= 0.6 is 0 Å². The molecule has 0 spiro atoms. The van der Waals surface area contributed by atoms with E-state index in [1.807, 2.05) is 0 Å². The Morgan fingerprint density at radius 1 is 1.00 bits per heavy atom. The summed E-state index contributed by atoms with van der Waals surface area (Å²) in [6, 6.07) is 0. The highest BCUT2D eigenvalue weighted by molar-refractivity contribution is 4.73. The van der Waals surface area contributed by atoms with Crippen LogP contribution in [0.3, 0.4) is 0 Å². The van der Waals surface area contributed by atoms with Crippen molar-refractivity contribution < 1.29 is 0 Å². The van der Waals surface area contributed by atoms with Crippen LogP contribution in [0, 0.1) is 17.8 Å². The van der Waals surface area contributed by atoms with Gasteiger partial charge < -0.3 is 0 Å². The Hall–Kier alpha value is 0. The maximum absolute atomic E-state index is 2.39. The van der Waals surface area contributed by atoms with E-state index in [0.29, 0.717) is 0 Å². The predicted molar refractivity (Wildman–Crippen MR) is 64.4 cm³/mol. The van der Waals surface area contributed by atoms with E-state index in [2.05, 4.69) is 20.8 Å². The van der Waals surface area contributed by atoms with Gasteiger partial charge in [0, 0.05) is 0 Å². The Morgan fingerprint density at radius 2 is 1.64 bits per heavy atom. The Labute approximate surface area is 90.5 Å². The van der Waals surface area contributed by atoms with E-state index in [-0.39, 0.29) is 0 Å². The quantitative estimate of drug-likeness (QED) is 0.578. The summed E-state index contributed by atoms with van der Waals surface area (Å²) < 4.78 is 0. The molecule has 1 atom stereocenters. The summed E-state index contributed by atoms with van der Waals surface area (Å²) in [5, 5.41) is 0. The summed E-state index contributed by atoms with van der Waals surface area (Å²) in [6.07, 6.45) is 11.9. The van der Waals surface area contributed by atoms with E-state index in [4.69, 9.17) is 0 Å². The van der Waals surface area contributed by atoms with Crippen LogP contribution in [0.25, 0.3) is 0 Å². The van der Waals surface area contributed by atoms with E-state index >= 15 is 0 Å². The predicted octanol–water partition coefficient (Wildman–Crippen LogP) is 5.03. The van der Waals surface area contributed by atoms with E-state index in [0.717, 1.165) is 17.8 Å². The molecule has 0 heteroatoms. The Morgan fingerprint density at radius 3 is 2.14 bits per heavy atom. The van der Waals surface area contributed by atoms with Crippen LogP contribution in [0.15, 0.2) is 0 Å². The first-order chi connectivity index (χ1) is 6.74. The van der Waals surface area contributed by atoms with E-state index in [1.54, 1.807) is 0 Å². The molecule has 0 saturated heterocycles. The van der Waals surface area contributed by atoms with Gasteiger partial charge in [-0.25, -0.2) is 0 Å². The van der Waals surface area contributed by atoms with Crippen molar-refractivity contribution in [3.63, 3.8) is 0 Å². The van der Waals surface area contributed by atoms with Gasteiger partial charge in [-0.05, 0) is 24.2 Å². The van der Waals surface area contributed by atoms with E-state index in [1.165, 1.54) is 51.4 Å². The number of hydrogen-bond acceptors (Lipinski definition) is 0. The van der Waals surface area contributed by atoms with Gasteiger partial charge in [-0.3, -0.25) is 0 Å². The van der Waals surface area contributed by atoms with E-state index in [9.17, 15) is 0 Å². The zero-order chi connectivity index (χ0) is 10.4. The smallest absolute Gasteiger partial charge is 0.0386 e. The lowest BCUT2D eigenvalue weighted by Gasteiger charge is -2.30. The van der Waals surface area contributed by atoms with Gasteiger partial charge in [0.25, 0.3) is 0 Å². The third-order valence-corrected chi connectivity index (χ3v) is 3.96. The molecule has 0 N–H and O–H groups in total. The number of hydrogen-bond donors (Lipinski definition) is 0. The van der Waals surface area contributed by atoms with Gasteiger partial charge in [-0.1, -0.05) is 65.7 Å². The molecular weight excluding hydrogens is 168 g/mol. The zero-order valence-corrected chi connectivity index (χ0v) is 10.4. The third kappa shape index (κ3) is 4.02. The number of rotatable bonds is 5. The molecule has 0 aromatic rings. The summed E-state index contributed by atoms with van der Waals surface area (Å²) in [7, 11) is 0. The molecular formula is C14H28. The summed E-state index contributed by atoms with van der Waals surface area (Å²) in [4.78, 5) is 0. The van der Waals surface area contributed by atoms with Gasteiger partial charge in [0.15, 0.2) is 0 Å². The first-order valence-corrected chi connectivity index (χ1v) is 6.74. The van der Waals surface area contributed by atoms with Crippen LogP contribution in [0.2, 0.25) is 0 Å². The van der Waals surface area contributed by atoms with Crippen LogP contribution in [0.4, 0.5) is 0 Å². The van der Waals surface area contributed by atoms with Crippen molar-refractivity contribution in [2.24, 2.45) is 17.8 Å². The van der Waals surface area contributed by atoms with Gasteiger partial charge in [0.1, 0.15) is 0 Å². The molecule has 0 aliphatic heterocycles. The maximum atomic E-state index is 2.39. The highest BCUT2D eigenvalue weighted by Gasteiger charge is 2.21. The van der Waals surface area contributed by atoms with Crippen molar-refractivity contribution in [3.8, 4) is 0 Å². The average molecular weight is 196 g/mol. The lowest BCUT2D eigenvalue weighted by atomic mass is 9.76. The second kappa shape index (κ2) is 6.48. The van der Waals surface area contributed by atoms with Crippen molar-refractivity contribution in [1.82, 2.24) is 0 Å². The highest BCUT2D eigenvalue weighted by Crippen LogP contribution is 2.34. The monoisotopic (exact) mass is 196 g/mol. The molecule has 1 unspecified atom stereocenters. The van der Waals surface area contributed by atoms with Crippen molar-refractivity contribution in [3.05, 3.63) is 0 Å². The Bertz CT molecular complexity index is 131. The van der Waals surface area contributed by atoms with Gasteiger partial charge in [0.2, 0.25) is 0 Å². The molecule has 14 heavy (non-hydrogen) atoms. The van der Waals surface area contributed by atoms with Crippen molar-refractivity contribution >= 4 is 0 Å². The lowest BCUT2D eigenvalue weighted by molar-refractivity contribution is 0.220. The third-order valence-electron chi connectivity index (χ3n) is 3.96. The zero-order valence-electron chi connectivity index (χ0n) is 10.4. The lowest BCUT2D eigenvalue weighted by Crippen LogP contribution is -2.17. The summed E-state index contributed by atoms with van der Waals surface area (Å²) >= 11 is 0. The SMILES string of the molecule is CCC(CCC(C)C)C1CCCCC1. The van der Waals surface area contributed by atoms with Crippen molar-refractivity contribution in [2.75, 3.05) is 0 Å². The molecule has 0 bridgehead atoms. The van der Waals surface area contributed by atoms with Crippen LogP contribution in [-0.2, 0) is 0 Å². The highest BCUT2D eigenvalue weighted by atomic mass is 14.3. The average Bonchev–Trinajstić information content (AvgIpc) is 2.20. The van der Waals surface area contributed by atoms with Crippen molar-refractivity contribution in [1.29, 1.82) is 0 Å². The molecule has 84 valence electrons. The molecule has 0 nitrogen and oxygen atoms in total. The first kappa shape index (κ1) is 12.1. The van der Waals surface area contributed by atoms with Crippen LogP contribution in [0.1, 0.15) is 72.1 Å². The minimum atomic E-state index is 0.896. The van der Waals surface area contributed by atoms with Crippen LogP contribution < -0.4 is 0 Å². The fourth-order valence-electron chi connectivity index (χ4n) is 2.93. The minimum Gasteiger partial charge on any atom is -0.0651 e. The molecule has 1 aliphatic rings. The molecule has 1 rings (SSSR count). The molecule has 0 aromatic carbocycles. The van der Waals surface area contributed by atoms with E-state index < -0.39 is 0 Å². The van der Waals surface area contributed by atoms with Gasteiger partial charge in [0.05, 0.1) is 0 Å². The summed E-state index contributed by atoms with van der Waals surface area (Å²) in [5.41, 5.74) is 0. The second-order valence-corrected chi connectivity index (χ2v) is 5.54. The van der Waals surface area contributed by atoms with Crippen LogP contribution in [0.5, 0.6) is 0 Å². The van der Waals surface area contributed by atoms with Gasteiger partial charge in [-0.15, -0.1) is 0 Å².